The fourth-order valence-electron chi connectivity index (χ4n) is 1.15. The lowest BCUT2D eigenvalue weighted by Crippen LogP contribution is -2.28. The molecule has 17 heavy (non-hydrogen) atoms. The predicted octanol–water partition coefficient (Wildman–Crippen LogP) is 3.01. The second kappa shape index (κ2) is 4.65. The Morgan fingerprint density at radius 3 is 2.29 bits per heavy atom. The van der Waals surface area contributed by atoms with Gasteiger partial charge in [-0.25, -0.2) is 4.39 Å². The molecule has 4 heteroatoms. The van der Waals surface area contributed by atoms with Crippen molar-refractivity contribution in [3.8, 4) is 0 Å². The molecule has 0 saturated heterocycles. The third-order valence-electron chi connectivity index (χ3n) is 2.30. The Balaban J connectivity index is 3.02. The van der Waals surface area contributed by atoms with Gasteiger partial charge in [-0.15, -0.1) is 0 Å². The molecule has 0 unspecified atom stereocenters. The molecule has 0 spiro atoms. The Hall–Kier alpha value is -1.71. The normalized spacial score (nSPS) is 11.1. The molecule has 0 radical (unpaired) electrons. The van der Waals surface area contributed by atoms with E-state index in [1.807, 2.05) is 0 Å². The largest absolute Gasteiger partial charge is 0.323 e. The summed E-state index contributed by atoms with van der Waals surface area (Å²) in [5, 5.41) is 2.48. The van der Waals surface area contributed by atoms with Gasteiger partial charge in [0.15, 0.2) is 5.78 Å². The topological polar surface area (TPSA) is 46.2 Å². The van der Waals surface area contributed by atoms with Crippen LogP contribution in [-0.2, 0) is 4.79 Å². The number of carbonyl (C=O) groups excluding carboxylic acids is 2. The SMILES string of the molecule is CC(=O)c1ccc(F)c(NC(=O)C(C)(C)C)c1. The number of hydrogen-bond donors (Lipinski definition) is 1. The summed E-state index contributed by atoms with van der Waals surface area (Å²) in [5.41, 5.74) is -0.202. The fourth-order valence-corrected chi connectivity index (χ4v) is 1.15. The molecule has 1 N–H and O–H groups in total. The monoisotopic (exact) mass is 237 g/mol. The van der Waals surface area contributed by atoms with Crippen molar-refractivity contribution in [2.24, 2.45) is 5.41 Å². The second-order valence-corrected chi connectivity index (χ2v) is 4.95. The van der Waals surface area contributed by atoms with E-state index in [0.29, 0.717) is 5.56 Å². The molecule has 0 aliphatic rings. The van der Waals surface area contributed by atoms with Crippen molar-refractivity contribution in [2.75, 3.05) is 5.32 Å². The minimum Gasteiger partial charge on any atom is -0.323 e. The van der Waals surface area contributed by atoms with Crippen molar-refractivity contribution in [2.45, 2.75) is 27.7 Å². The van der Waals surface area contributed by atoms with Gasteiger partial charge in [-0.1, -0.05) is 20.8 Å². The predicted molar refractivity (Wildman–Crippen MR) is 64.5 cm³/mol. The van der Waals surface area contributed by atoms with E-state index in [-0.39, 0.29) is 17.4 Å². The number of anilines is 1. The molecule has 1 aromatic carbocycles. The molecular formula is C13H16FNO2. The Morgan fingerprint density at radius 1 is 1.24 bits per heavy atom. The maximum atomic E-state index is 13.5. The van der Waals surface area contributed by atoms with Gasteiger partial charge < -0.3 is 5.32 Å². The number of hydrogen-bond acceptors (Lipinski definition) is 2. The first-order chi connectivity index (χ1) is 7.71. The molecule has 1 aromatic rings. The Bertz CT molecular complexity index is 461. The molecule has 0 heterocycles. The Kier molecular flexibility index (Phi) is 3.66. The van der Waals surface area contributed by atoms with Crippen LogP contribution in [0.25, 0.3) is 0 Å². The average Bonchev–Trinajstić information content (AvgIpc) is 2.19. The summed E-state index contributed by atoms with van der Waals surface area (Å²) in [6.07, 6.45) is 0. The van der Waals surface area contributed by atoms with Gasteiger partial charge in [0.25, 0.3) is 0 Å². The summed E-state index contributed by atoms with van der Waals surface area (Å²) >= 11 is 0. The molecule has 0 aliphatic heterocycles. The highest BCUT2D eigenvalue weighted by Gasteiger charge is 2.22. The van der Waals surface area contributed by atoms with E-state index in [0.717, 1.165) is 0 Å². The number of Topliss-reactive ketones (excluding diaryl/α,β-unsaturated/α-hetero) is 1. The zero-order chi connectivity index (χ0) is 13.2. The third-order valence-corrected chi connectivity index (χ3v) is 2.30. The summed E-state index contributed by atoms with van der Waals surface area (Å²) < 4.78 is 13.5. The first-order valence-electron chi connectivity index (χ1n) is 5.34. The van der Waals surface area contributed by atoms with Crippen molar-refractivity contribution >= 4 is 17.4 Å². The molecule has 3 nitrogen and oxygen atoms in total. The molecular weight excluding hydrogens is 221 g/mol. The lowest BCUT2D eigenvalue weighted by Gasteiger charge is -2.18. The van der Waals surface area contributed by atoms with Crippen LogP contribution in [-0.4, -0.2) is 11.7 Å². The Morgan fingerprint density at radius 2 is 1.82 bits per heavy atom. The average molecular weight is 237 g/mol. The third kappa shape index (κ3) is 3.37. The number of amides is 1. The van der Waals surface area contributed by atoms with Crippen LogP contribution in [0.3, 0.4) is 0 Å². The highest BCUT2D eigenvalue weighted by atomic mass is 19.1. The van der Waals surface area contributed by atoms with Gasteiger partial charge in [0.05, 0.1) is 5.69 Å². The summed E-state index contributed by atoms with van der Waals surface area (Å²) in [6.45, 7) is 6.59. The van der Waals surface area contributed by atoms with Crippen LogP contribution in [0.1, 0.15) is 38.1 Å². The van der Waals surface area contributed by atoms with E-state index < -0.39 is 11.2 Å². The fraction of sp³-hybridized carbons (Fsp3) is 0.385. The molecule has 0 fully saturated rings. The molecule has 0 atom stereocenters. The van der Waals surface area contributed by atoms with E-state index in [1.54, 1.807) is 20.8 Å². The zero-order valence-corrected chi connectivity index (χ0v) is 10.4. The van der Waals surface area contributed by atoms with Gasteiger partial charge >= 0.3 is 0 Å². The zero-order valence-electron chi connectivity index (χ0n) is 10.4. The van der Waals surface area contributed by atoms with Crippen LogP contribution < -0.4 is 5.32 Å². The van der Waals surface area contributed by atoms with Gasteiger partial charge in [-0.3, -0.25) is 9.59 Å². The molecule has 1 rings (SSSR count). The lowest BCUT2D eigenvalue weighted by atomic mass is 9.95. The van der Waals surface area contributed by atoms with E-state index in [4.69, 9.17) is 0 Å². The van der Waals surface area contributed by atoms with Gasteiger partial charge in [0.1, 0.15) is 5.82 Å². The number of ketones is 1. The summed E-state index contributed by atoms with van der Waals surface area (Å²) in [7, 11) is 0. The minimum atomic E-state index is -0.612. The van der Waals surface area contributed by atoms with E-state index in [1.165, 1.54) is 25.1 Å². The highest BCUT2D eigenvalue weighted by molar-refractivity contribution is 5.98. The van der Waals surface area contributed by atoms with Gasteiger partial charge in [0, 0.05) is 11.0 Å². The number of benzene rings is 1. The van der Waals surface area contributed by atoms with E-state index >= 15 is 0 Å². The molecule has 0 aromatic heterocycles. The van der Waals surface area contributed by atoms with Crippen LogP contribution in [0.5, 0.6) is 0 Å². The van der Waals surface area contributed by atoms with Crippen LogP contribution in [0.4, 0.5) is 10.1 Å². The standard InChI is InChI=1S/C13H16FNO2/c1-8(16)9-5-6-10(14)11(7-9)15-12(17)13(2,3)4/h5-7H,1-4H3,(H,15,17). The minimum absolute atomic E-state index is 0.0395. The summed E-state index contributed by atoms with van der Waals surface area (Å²) in [6, 6.07) is 3.92. The van der Waals surface area contributed by atoms with E-state index in [2.05, 4.69) is 5.32 Å². The number of nitrogens with one attached hydrogen (secondary N) is 1. The molecule has 0 saturated carbocycles. The van der Waals surface area contributed by atoms with Crippen LogP contribution >= 0.6 is 0 Å². The van der Waals surface area contributed by atoms with Crippen molar-refractivity contribution in [1.29, 1.82) is 0 Å². The number of halogens is 1. The summed E-state index contributed by atoms with van der Waals surface area (Å²) in [5.74, 6) is -1.01. The quantitative estimate of drug-likeness (QED) is 0.804. The van der Waals surface area contributed by atoms with E-state index in [9.17, 15) is 14.0 Å². The van der Waals surface area contributed by atoms with Crippen molar-refractivity contribution in [3.05, 3.63) is 29.6 Å². The van der Waals surface area contributed by atoms with Gasteiger partial charge in [-0.05, 0) is 25.1 Å². The van der Waals surface area contributed by atoms with Crippen molar-refractivity contribution in [3.63, 3.8) is 0 Å². The van der Waals surface area contributed by atoms with Crippen LogP contribution in [0.2, 0.25) is 0 Å². The summed E-state index contributed by atoms with van der Waals surface area (Å²) in [4.78, 5) is 22.9. The first kappa shape index (κ1) is 13.4. The molecule has 1 amide bonds. The second-order valence-electron chi connectivity index (χ2n) is 4.95. The van der Waals surface area contributed by atoms with Crippen LogP contribution in [0.15, 0.2) is 18.2 Å². The number of carbonyl (C=O) groups is 2. The first-order valence-corrected chi connectivity index (χ1v) is 5.34. The maximum Gasteiger partial charge on any atom is 0.229 e. The smallest absolute Gasteiger partial charge is 0.229 e. The molecule has 0 bridgehead atoms. The molecule has 92 valence electrons. The van der Waals surface area contributed by atoms with Gasteiger partial charge in [0.2, 0.25) is 5.91 Å². The van der Waals surface area contributed by atoms with Crippen molar-refractivity contribution in [1.82, 2.24) is 0 Å². The Labute approximate surface area is 100 Å². The van der Waals surface area contributed by atoms with Gasteiger partial charge in [-0.2, -0.15) is 0 Å². The molecule has 0 aliphatic carbocycles. The maximum absolute atomic E-state index is 13.5. The van der Waals surface area contributed by atoms with Crippen molar-refractivity contribution < 1.29 is 14.0 Å². The lowest BCUT2D eigenvalue weighted by molar-refractivity contribution is -0.123. The highest BCUT2D eigenvalue weighted by Crippen LogP contribution is 2.21. The van der Waals surface area contributed by atoms with Crippen LogP contribution in [0, 0.1) is 11.2 Å². The number of rotatable bonds is 2.